The number of nitrogens with zero attached hydrogens (tertiary/aromatic N) is 1. The molecule has 0 amide bonds. The van der Waals surface area contributed by atoms with Gasteiger partial charge in [-0.3, -0.25) is 4.98 Å². The molecule has 0 bridgehead atoms. The molecular weight excluding hydrogens is 360 g/mol. The van der Waals surface area contributed by atoms with E-state index in [-0.39, 0.29) is 17.0 Å². The molecule has 0 aliphatic heterocycles. The zero-order valence-electron chi connectivity index (χ0n) is 10.7. The van der Waals surface area contributed by atoms with Gasteiger partial charge in [-0.15, -0.1) is 0 Å². The Morgan fingerprint density at radius 3 is 2.48 bits per heavy atom. The van der Waals surface area contributed by atoms with Crippen molar-refractivity contribution in [3.8, 4) is 0 Å². The molecule has 1 aromatic heterocycles. The molecule has 1 heterocycles. The fourth-order valence-electron chi connectivity index (χ4n) is 1.57. The van der Waals surface area contributed by atoms with Crippen LogP contribution < -0.4 is 4.72 Å². The first kappa shape index (κ1) is 15.6. The molecule has 0 radical (unpaired) electrons. The van der Waals surface area contributed by atoms with E-state index in [0.29, 0.717) is 10.0 Å². The van der Waals surface area contributed by atoms with Crippen molar-refractivity contribution in [2.75, 3.05) is 0 Å². The average molecular weight is 371 g/mol. The van der Waals surface area contributed by atoms with Crippen LogP contribution in [-0.2, 0) is 16.6 Å². The van der Waals surface area contributed by atoms with Crippen LogP contribution in [0.5, 0.6) is 0 Å². The second kappa shape index (κ2) is 6.33. The summed E-state index contributed by atoms with van der Waals surface area (Å²) in [6.07, 6.45) is 2.74. The highest BCUT2D eigenvalue weighted by Gasteiger charge is 2.14. The minimum atomic E-state index is -3.67. The van der Waals surface area contributed by atoms with E-state index in [1.807, 2.05) is 0 Å². The maximum Gasteiger partial charge on any atom is 0.335 e. The number of carbonyl (C=O) groups is 1. The summed E-state index contributed by atoms with van der Waals surface area (Å²) in [5, 5.41) is 8.79. The topological polar surface area (TPSA) is 96.4 Å². The van der Waals surface area contributed by atoms with Gasteiger partial charge >= 0.3 is 5.97 Å². The van der Waals surface area contributed by atoms with E-state index in [4.69, 9.17) is 5.11 Å². The summed E-state index contributed by atoms with van der Waals surface area (Å²) < 4.78 is 27.1. The van der Waals surface area contributed by atoms with Crippen LogP contribution in [0.4, 0.5) is 0 Å². The first-order valence-corrected chi connectivity index (χ1v) is 8.08. The Labute approximate surface area is 130 Å². The van der Waals surface area contributed by atoms with Gasteiger partial charge in [-0.25, -0.2) is 17.9 Å². The summed E-state index contributed by atoms with van der Waals surface area (Å²) in [5.41, 5.74) is 0.810. The number of rotatable bonds is 5. The first-order valence-electron chi connectivity index (χ1n) is 5.81. The number of carboxylic acid groups (broad SMARTS) is 1. The SMILES string of the molecule is O=C(O)c1ccc(CNS(=O)(=O)c2cncc(Br)c2)cc1. The third-order valence-corrected chi connectivity index (χ3v) is 4.46. The summed E-state index contributed by atoms with van der Waals surface area (Å²) in [4.78, 5) is 14.6. The lowest BCUT2D eigenvalue weighted by atomic mass is 10.1. The van der Waals surface area contributed by atoms with E-state index in [9.17, 15) is 13.2 Å². The molecule has 0 spiro atoms. The number of carboxylic acids is 1. The fourth-order valence-corrected chi connectivity index (χ4v) is 3.09. The molecule has 1 aromatic carbocycles. The van der Waals surface area contributed by atoms with Crippen LogP contribution in [-0.4, -0.2) is 24.5 Å². The van der Waals surface area contributed by atoms with Crippen molar-refractivity contribution < 1.29 is 18.3 Å². The second-order valence-corrected chi connectivity index (χ2v) is 6.85. The van der Waals surface area contributed by atoms with Gasteiger partial charge in [0.25, 0.3) is 0 Å². The van der Waals surface area contributed by atoms with Gasteiger partial charge in [-0.2, -0.15) is 0 Å². The number of nitrogens with one attached hydrogen (secondary N) is 1. The molecule has 8 heteroatoms. The molecule has 0 atom stereocenters. The Kier molecular flexibility index (Phi) is 4.71. The van der Waals surface area contributed by atoms with Crippen molar-refractivity contribution in [3.05, 3.63) is 58.3 Å². The summed E-state index contributed by atoms with van der Waals surface area (Å²) in [5.74, 6) is -1.03. The van der Waals surface area contributed by atoms with Crippen LogP contribution in [0.25, 0.3) is 0 Å². The highest BCUT2D eigenvalue weighted by molar-refractivity contribution is 9.10. The number of sulfonamides is 1. The van der Waals surface area contributed by atoms with Gasteiger partial charge < -0.3 is 5.11 Å². The second-order valence-electron chi connectivity index (χ2n) is 4.17. The number of benzene rings is 1. The molecular formula is C13H11BrN2O4S. The third-order valence-electron chi connectivity index (χ3n) is 2.66. The van der Waals surface area contributed by atoms with Crippen molar-refractivity contribution in [3.63, 3.8) is 0 Å². The molecule has 0 unspecified atom stereocenters. The van der Waals surface area contributed by atoms with Gasteiger partial charge in [0.15, 0.2) is 0 Å². The van der Waals surface area contributed by atoms with Crippen molar-refractivity contribution in [2.24, 2.45) is 0 Å². The van der Waals surface area contributed by atoms with E-state index in [0.717, 1.165) is 0 Å². The van der Waals surface area contributed by atoms with Gasteiger partial charge in [-0.1, -0.05) is 12.1 Å². The quantitative estimate of drug-likeness (QED) is 0.838. The largest absolute Gasteiger partial charge is 0.478 e. The number of pyridine rings is 1. The van der Waals surface area contributed by atoms with Crippen LogP contribution in [0.15, 0.2) is 52.1 Å². The molecule has 0 aliphatic rings. The van der Waals surface area contributed by atoms with Crippen molar-refractivity contribution in [1.29, 1.82) is 0 Å². The van der Waals surface area contributed by atoms with Gasteiger partial charge in [0.05, 0.1) is 5.56 Å². The van der Waals surface area contributed by atoms with E-state index < -0.39 is 16.0 Å². The van der Waals surface area contributed by atoms with E-state index >= 15 is 0 Å². The molecule has 2 rings (SSSR count). The monoisotopic (exact) mass is 370 g/mol. The highest BCUT2D eigenvalue weighted by atomic mass is 79.9. The zero-order valence-corrected chi connectivity index (χ0v) is 13.1. The molecule has 6 nitrogen and oxygen atoms in total. The highest BCUT2D eigenvalue weighted by Crippen LogP contribution is 2.14. The van der Waals surface area contributed by atoms with Gasteiger partial charge in [0, 0.05) is 23.4 Å². The minimum absolute atomic E-state index is 0.0547. The van der Waals surface area contributed by atoms with E-state index in [2.05, 4.69) is 25.6 Å². The molecule has 0 aliphatic carbocycles. The zero-order chi connectivity index (χ0) is 15.5. The third kappa shape index (κ3) is 4.10. The van der Waals surface area contributed by atoms with Crippen LogP contribution in [0.2, 0.25) is 0 Å². The molecule has 0 fully saturated rings. The predicted molar refractivity (Wildman–Crippen MR) is 79.4 cm³/mol. The Morgan fingerprint density at radius 2 is 1.90 bits per heavy atom. The normalized spacial score (nSPS) is 11.3. The summed E-state index contributed by atoms with van der Waals surface area (Å²) in [7, 11) is -3.67. The maximum atomic E-state index is 12.1. The van der Waals surface area contributed by atoms with Crippen molar-refractivity contribution >= 4 is 31.9 Å². The number of aromatic carboxylic acids is 1. The van der Waals surface area contributed by atoms with Crippen LogP contribution >= 0.6 is 15.9 Å². The van der Waals surface area contributed by atoms with Gasteiger partial charge in [0.2, 0.25) is 10.0 Å². The molecule has 2 N–H and O–H groups in total. The fraction of sp³-hybridized carbons (Fsp3) is 0.0769. The lowest BCUT2D eigenvalue weighted by Gasteiger charge is -2.07. The van der Waals surface area contributed by atoms with Crippen LogP contribution in [0, 0.1) is 0 Å². The Balaban J connectivity index is 2.10. The van der Waals surface area contributed by atoms with Crippen LogP contribution in [0.3, 0.4) is 0 Å². The number of hydrogen-bond acceptors (Lipinski definition) is 4. The first-order chi connectivity index (χ1) is 9.88. The number of halogens is 1. The Morgan fingerprint density at radius 1 is 1.24 bits per heavy atom. The summed E-state index contributed by atoms with van der Waals surface area (Å²) in [6, 6.07) is 7.42. The standard InChI is InChI=1S/C13H11BrN2O4S/c14-11-5-12(8-15-7-11)21(19,20)16-6-9-1-3-10(4-2-9)13(17)18/h1-5,7-8,16H,6H2,(H,17,18). The minimum Gasteiger partial charge on any atom is -0.478 e. The summed E-state index contributed by atoms with van der Waals surface area (Å²) >= 11 is 3.16. The van der Waals surface area contributed by atoms with Crippen molar-refractivity contribution in [1.82, 2.24) is 9.71 Å². The lowest BCUT2D eigenvalue weighted by molar-refractivity contribution is 0.0697. The average Bonchev–Trinajstić information content (AvgIpc) is 2.45. The van der Waals surface area contributed by atoms with Crippen LogP contribution in [0.1, 0.15) is 15.9 Å². The molecule has 0 saturated heterocycles. The number of aromatic nitrogens is 1. The van der Waals surface area contributed by atoms with Gasteiger partial charge in [0.1, 0.15) is 4.90 Å². The molecule has 21 heavy (non-hydrogen) atoms. The Bertz CT molecular complexity index is 760. The molecule has 0 saturated carbocycles. The van der Waals surface area contributed by atoms with E-state index in [1.54, 1.807) is 12.1 Å². The Hall–Kier alpha value is -1.77. The predicted octanol–water partition coefficient (Wildman–Crippen LogP) is 2.02. The molecule has 110 valence electrons. The van der Waals surface area contributed by atoms with Gasteiger partial charge in [-0.05, 0) is 39.7 Å². The molecule has 2 aromatic rings. The number of hydrogen-bond donors (Lipinski definition) is 2. The maximum absolute atomic E-state index is 12.1. The summed E-state index contributed by atoms with van der Waals surface area (Å²) in [6.45, 7) is 0.0642. The lowest BCUT2D eigenvalue weighted by Crippen LogP contribution is -2.23. The van der Waals surface area contributed by atoms with Crippen molar-refractivity contribution in [2.45, 2.75) is 11.4 Å². The van der Waals surface area contributed by atoms with E-state index in [1.165, 1.54) is 30.6 Å². The smallest absolute Gasteiger partial charge is 0.335 e.